The predicted molar refractivity (Wildman–Crippen MR) is 78.1 cm³/mol. The molecule has 2 heterocycles. The van der Waals surface area contributed by atoms with Crippen LogP contribution in [0, 0.1) is 0 Å². The van der Waals surface area contributed by atoms with Crippen molar-refractivity contribution < 1.29 is 4.74 Å². The fourth-order valence-corrected chi connectivity index (χ4v) is 1.77. The second-order valence-electron chi connectivity index (χ2n) is 4.25. The minimum absolute atomic E-state index is 0.122. The summed E-state index contributed by atoms with van der Waals surface area (Å²) in [5.74, 6) is 0. The lowest BCUT2D eigenvalue weighted by Crippen LogP contribution is -2.21. The third-order valence-corrected chi connectivity index (χ3v) is 2.80. The Morgan fingerprint density at radius 3 is 3.15 bits per heavy atom. The second kappa shape index (κ2) is 6.81. The molecule has 0 atom stereocenters. The maximum absolute atomic E-state index is 11.7. The van der Waals surface area contributed by atoms with Crippen molar-refractivity contribution in [1.82, 2.24) is 14.8 Å². The van der Waals surface area contributed by atoms with E-state index in [1.807, 2.05) is 24.3 Å². The standard InChI is InChI=1S/C14H18N4O2/c1-3-9-20-11-13-14(19)6-8-18(16-13)12-5-7-15-17(4-2)10-12/h3,6-8,10H,1,4-5,9,11H2,2H3. The van der Waals surface area contributed by atoms with Gasteiger partial charge in [-0.05, 0) is 6.92 Å². The number of hydrogen-bond donors (Lipinski definition) is 0. The molecule has 0 fully saturated rings. The number of allylic oxidation sites excluding steroid dienone is 1. The van der Waals surface area contributed by atoms with Crippen LogP contribution in [-0.2, 0) is 11.3 Å². The fraction of sp³-hybridized carbons (Fsp3) is 0.357. The largest absolute Gasteiger partial charge is 0.371 e. The Labute approximate surface area is 117 Å². The maximum atomic E-state index is 11.7. The van der Waals surface area contributed by atoms with Crippen molar-refractivity contribution in [3.05, 3.63) is 47.0 Å². The first-order valence-corrected chi connectivity index (χ1v) is 6.52. The van der Waals surface area contributed by atoms with Crippen molar-refractivity contribution >= 4 is 11.9 Å². The highest BCUT2D eigenvalue weighted by Crippen LogP contribution is 2.12. The predicted octanol–water partition coefficient (Wildman–Crippen LogP) is 1.46. The topological polar surface area (TPSA) is 59.7 Å². The van der Waals surface area contributed by atoms with Crippen LogP contribution in [0.25, 0.3) is 5.70 Å². The number of hydrogen-bond acceptors (Lipinski definition) is 5. The number of hydrazone groups is 1. The molecule has 0 aromatic carbocycles. The van der Waals surface area contributed by atoms with Gasteiger partial charge >= 0.3 is 0 Å². The van der Waals surface area contributed by atoms with Gasteiger partial charge in [-0.3, -0.25) is 9.80 Å². The molecule has 0 radical (unpaired) electrons. The van der Waals surface area contributed by atoms with Gasteiger partial charge < -0.3 is 4.74 Å². The molecule has 0 saturated carbocycles. The molecule has 0 N–H and O–H groups in total. The first kappa shape index (κ1) is 14.2. The van der Waals surface area contributed by atoms with Gasteiger partial charge in [0.1, 0.15) is 5.69 Å². The molecule has 1 aromatic rings. The van der Waals surface area contributed by atoms with Crippen LogP contribution < -0.4 is 5.43 Å². The molecule has 106 valence electrons. The summed E-state index contributed by atoms with van der Waals surface area (Å²) in [4.78, 5) is 11.7. The average molecular weight is 274 g/mol. The van der Waals surface area contributed by atoms with Crippen molar-refractivity contribution in [1.29, 1.82) is 0 Å². The van der Waals surface area contributed by atoms with Crippen LogP contribution in [0.4, 0.5) is 0 Å². The van der Waals surface area contributed by atoms with E-state index in [0.29, 0.717) is 18.7 Å². The minimum Gasteiger partial charge on any atom is -0.371 e. The van der Waals surface area contributed by atoms with Crippen molar-refractivity contribution in [2.45, 2.75) is 20.0 Å². The monoisotopic (exact) mass is 274 g/mol. The van der Waals surface area contributed by atoms with Crippen molar-refractivity contribution in [3.8, 4) is 0 Å². The van der Waals surface area contributed by atoms with Gasteiger partial charge in [0.25, 0.3) is 0 Å². The van der Waals surface area contributed by atoms with E-state index in [2.05, 4.69) is 16.8 Å². The lowest BCUT2D eigenvalue weighted by atomic mass is 10.3. The van der Waals surface area contributed by atoms with E-state index in [1.54, 1.807) is 17.0 Å². The molecule has 0 bridgehead atoms. The van der Waals surface area contributed by atoms with E-state index in [9.17, 15) is 4.79 Å². The van der Waals surface area contributed by atoms with Crippen LogP contribution in [0.3, 0.4) is 0 Å². The maximum Gasteiger partial charge on any atom is 0.205 e. The molecule has 6 heteroatoms. The van der Waals surface area contributed by atoms with E-state index < -0.39 is 0 Å². The zero-order chi connectivity index (χ0) is 14.4. The lowest BCUT2D eigenvalue weighted by Gasteiger charge is -2.19. The molecule has 2 rings (SSSR count). The molecule has 1 aromatic heterocycles. The Morgan fingerprint density at radius 2 is 2.40 bits per heavy atom. The summed E-state index contributed by atoms with van der Waals surface area (Å²) in [6.45, 7) is 6.95. The highest BCUT2D eigenvalue weighted by Gasteiger charge is 2.09. The quantitative estimate of drug-likeness (QED) is 0.582. The SMILES string of the molecule is C=CCOCc1nn(C2=CN(CC)N=CC2)ccc1=O. The molecule has 0 saturated heterocycles. The van der Waals surface area contributed by atoms with Crippen LogP contribution >= 0.6 is 0 Å². The molecule has 0 spiro atoms. The third kappa shape index (κ3) is 3.42. The van der Waals surface area contributed by atoms with Gasteiger partial charge in [-0.1, -0.05) is 6.08 Å². The number of nitrogens with zero attached hydrogens (tertiary/aromatic N) is 4. The Morgan fingerprint density at radius 1 is 1.55 bits per heavy atom. The molecule has 6 nitrogen and oxygen atoms in total. The summed E-state index contributed by atoms with van der Waals surface area (Å²) < 4.78 is 6.98. The normalized spacial score (nSPS) is 14.2. The van der Waals surface area contributed by atoms with Crippen LogP contribution in [0.2, 0.25) is 0 Å². The molecule has 0 aliphatic carbocycles. The summed E-state index contributed by atoms with van der Waals surface area (Å²) in [6, 6.07) is 1.50. The van der Waals surface area contributed by atoms with Crippen LogP contribution in [0.15, 0.2) is 41.0 Å². The second-order valence-corrected chi connectivity index (χ2v) is 4.25. The van der Waals surface area contributed by atoms with Crippen LogP contribution in [-0.4, -0.2) is 34.2 Å². The van der Waals surface area contributed by atoms with Gasteiger partial charge in [0, 0.05) is 37.6 Å². The van der Waals surface area contributed by atoms with E-state index in [0.717, 1.165) is 12.2 Å². The smallest absolute Gasteiger partial charge is 0.205 e. The van der Waals surface area contributed by atoms with E-state index in [1.165, 1.54) is 6.07 Å². The summed E-state index contributed by atoms with van der Waals surface area (Å²) in [7, 11) is 0. The zero-order valence-electron chi connectivity index (χ0n) is 11.5. The molecule has 20 heavy (non-hydrogen) atoms. The number of rotatable bonds is 6. The summed E-state index contributed by atoms with van der Waals surface area (Å²) >= 11 is 0. The van der Waals surface area contributed by atoms with Crippen molar-refractivity contribution in [2.75, 3.05) is 13.2 Å². The molecule has 0 unspecified atom stereocenters. The van der Waals surface area contributed by atoms with Gasteiger partial charge in [0.2, 0.25) is 5.43 Å². The Bertz CT molecular complexity index is 589. The third-order valence-electron chi connectivity index (χ3n) is 2.80. The molecule has 1 aliphatic rings. The average Bonchev–Trinajstić information content (AvgIpc) is 2.49. The van der Waals surface area contributed by atoms with Gasteiger partial charge in [-0.25, -0.2) is 4.68 Å². The van der Waals surface area contributed by atoms with E-state index in [4.69, 9.17) is 4.74 Å². The number of ether oxygens (including phenoxy) is 1. The highest BCUT2D eigenvalue weighted by molar-refractivity contribution is 5.72. The van der Waals surface area contributed by atoms with Crippen LogP contribution in [0.5, 0.6) is 0 Å². The minimum atomic E-state index is -0.122. The Kier molecular flexibility index (Phi) is 4.84. The van der Waals surface area contributed by atoms with Crippen molar-refractivity contribution in [2.24, 2.45) is 5.10 Å². The molecule has 1 aliphatic heterocycles. The van der Waals surface area contributed by atoms with Gasteiger partial charge in [-0.2, -0.15) is 10.2 Å². The Hall–Kier alpha value is -2.21. The van der Waals surface area contributed by atoms with Gasteiger partial charge in [-0.15, -0.1) is 6.58 Å². The summed E-state index contributed by atoms with van der Waals surface area (Å²) in [5, 5.41) is 10.4. The molecular weight excluding hydrogens is 256 g/mol. The fourth-order valence-electron chi connectivity index (χ4n) is 1.77. The molecule has 0 amide bonds. The lowest BCUT2D eigenvalue weighted by molar-refractivity contribution is 0.144. The molecular formula is C14H18N4O2. The summed E-state index contributed by atoms with van der Waals surface area (Å²) in [5.41, 5.74) is 1.23. The first-order chi connectivity index (χ1) is 9.74. The van der Waals surface area contributed by atoms with E-state index in [-0.39, 0.29) is 12.0 Å². The van der Waals surface area contributed by atoms with Crippen LogP contribution in [0.1, 0.15) is 19.0 Å². The summed E-state index contributed by atoms with van der Waals surface area (Å²) in [6.07, 6.45) is 7.73. The number of aromatic nitrogens is 2. The first-order valence-electron chi connectivity index (χ1n) is 6.52. The zero-order valence-corrected chi connectivity index (χ0v) is 11.5. The highest BCUT2D eigenvalue weighted by atomic mass is 16.5. The van der Waals surface area contributed by atoms with Crippen molar-refractivity contribution in [3.63, 3.8) is 0 Å². The van der Waals surface area contributed by atoms with Gasteiger partial charge in [0.15, 0.2) is 0 Å². The van der Waals surface area contributed by atoms with E-state index >= 15 is 0 Å². The van der Waals surface area contributed by atoms with Gasteiger partial charge in [0.05, 0.1) is 18.9 Å². The Balaban J connectivity index is 2.20.